The van der Waals surface area contributed by atoms with Gasteiger partial charge in [0.15, 0.2) is 5.13 Å². The summed E-state index contributed by atoms with van der Waals surface area (Å²) in [5.74, 6) is 0. The predicted octanol–water partition coefficient (Wildman–Crippen LogP) is 5.05. The van der Waals surface area contributed by atoms with E-state index in [0.29, 0.717) is 6.04 Å². The molecule has 2 nitrogen and oxygen atoms in total. The number of nitrogens with zero attached hydrogens (tertiary/aromatic N) is 1. The third kappa shape index (κ3) is 2.69. The van der Waals surface area contributed by atoms with Crippen molar-refractivity contribution in [2.75, 3.05) is 5.32 Å². The predicted molar refractivity (Wildman–Crippen MR) is 89.6 cm³/mol. The molecule has 0 amide bonds. The van der Waals surface area contributed by atoms with Gasteiger partial charge >= 0.3 is 0 Å². The second-order valence-corrected chi connectivity index (χ2v) is 6.35. The van der Waals surface area contributed by atoms with Gasteiger partial charge in [0, 0.05) is 11.6 Å². The number of anilines is 1. The van der Waals surface area contributed by atoms with Crippen molar-refractivity contribution in [2.24, 2.45) is 0 Å². The van der Waals surface area contributed by atoms with Gasteiger partial charge in [-0.15, -0.1) is 0 Å². The van der Waals surface area contributed by atoms with Crippen LogP contribution < -0.4 is 5.32 Å². The molecule has 0 unspecified atom stereocenters. The zero-order chi connectivity index (χ0) is 14.1. The van der Waals surface area contributed by atoms with Gasteiger partial charge in [-0.2, -0.15) is 0 Å². The van der Waals surface area contributed by atoms with E-state index in [1.165, 1.54) is 28.8 Å². The molecule has 3 aromatic rings. The van der Waals surface area contributed by atoms with Crippen molar-refractivity contribution in [3.05, 3.63) is 60.7 Å². The Bertz CT molecular complexity index is 673. The number of rotatable bonds is 4. The molecule has 104 valence electrons. The standard InChI is InChI=1S/C18H16N2S/c1-3-7-13(8-4-1)16-17(14-9-5-2-6-10-14)21-18(20-16)19-15-11-12-15/h1-10,15H,11-12H2,(H,19,20). The van der Waals surface area contributed by atoms with Gasteiger partial charge in [-0.3, -0.25) is 0 Å². The van der Waals surface area contributed by atoms with E-state index in [-0.39, 0.29) is 0 Å². The number of aromatic nitrogens is 1. The Hall–Kier alpha value is -2.13. The van der Waals surface area contributed by atoms with Crippen molar-refractivity contribution in [3.63, 3.8) is 0 Å². The van der Waals surface area contributed by atoms with Crippen LogP contribution >= 0.6 is 11.3 Å². The molecule has 3 heteroatoms. The third-order valence-corrected chi connectivity index (χ3v) is 4.65. The molecule has 0 spiro atoms. The second-order valence-electron chi connectivity index (χ2n) is 5.35. The summed E-state index contributed by atoms with van der Waals surface area (Å²) in [7, 11) is 0. The van der Waals surface area contributed by atoms with Crippen LogP contribution in [-0.2, 0) is 0 Å². The van der Waals surface area contributed by atoms with Gasteiger partial charge < -0.3 is 5.32 Å². The van der Waals surface area contributed by atoms with Gasteiger partial charge in [0.2, 0.25) is 0 Å². The van der Waals surface area contributed by atoms with Crippen LogP contribution in [0.15, 0.2) is 60.7 Å². The molecule has 0 atom stereocenters. The Balaban J connectivity index is 1.81. The number of thiazole rings is 1. The van der Waals surface area contributed by atoms with Crippen LogP contribution in [0, 0.1) is 0 Å². The lowest BCUT2D eigenvalue weighted by Gasteiger charge is -2.02. The lowest BCUT2D eigenvalue weighted by atomic mass is 10.1. The molecule has 1 aliphatic rings. The van der Waals surface area contributed by atoms with Gasteiger partial charge in [-0.25, -0.2) is 4.98 Å². The topological polar surface area (TPSA) is 24.9 Å². The quantitative estimate of drug-likeness (QED) is 0.727. The minimum atomic E-state index is 0.628. The molecule has 2 aromatic carbocycles. The molecule has 1 aromatic heterocycles. The first kappa shape index (κ1) is 12.6. The molecule has 1 heterocycles. The van der Waals surface area contributed by atoms with E-state index < -0.39 is 0 Å². The maximum absolute atomic E-state index is 4.84. The summed E-state index contributed by atoms with van der Waals surface area (Å²) in [4.78, 5) is 6.09. The minimum absolute atomic E-state index is 0.628. The molecule has 1 fully saturated rings. The van der Waals surface area contributed by atoms with Crippen LogP contribution in [0.4, 0.5) is 5.13 Å². The van der Waals surface area contributed by atoms with Crippen molar-refractivity contribution in [3.8, 4) is 21.7 Å². The molecule has 0 aliphatic heterocycles. The Kier molecular flexibility index (Phi) is 3.20. The highest BCUT2D eigenvalue weighted by Crippen LogP contribution is 2.40. The first-order chi connectivity index (χ1) is 10.4. The van der Waals surface area contributed by atoms with E-state index in [9.17, 15) is 0 Å². The van der Waals surface area contributed by atoms with E-state index >= 15 is 0 Å². The van der Waals surface area contributed by atoms with Gasteiger partial charge in [-0.05, 0) is 18.4 Å². The molecule has 4 rings (SSSR count). The highest BCUT2D eigenvalue weighted by Gasteiger charge is 2.23. The molecular formula is C18H16N2S. The van der Waals surface area contributed by atoms with E-state index in [4.69, 9.17) is 4.98 Å². The van der Waals surface area contributed by atoms with Crippen molar-refractivity contribution >= 4 is 16.5 Å². The van der Waals surface area contributed by atoms with Crippen LogP contribution in [0.1, 0.15) is 12.8 Å². The summed E-state index contributed by atoms with van der Waals surface area (Å²) in [6.07, 6.45) is 2.53. The van der Waals surface area contributed by atoms with Crippen LogP contribution in [0.25, 0.3) is 21.7 Å². The monoisotopic (exact) mass is 292 g/mol. The van der Waals surface area contributed by atoms with Crippen LogP contribution in [-0.4, -0.2) is 11.0 Å². The number of nitrogens with one attached hydrogen (secondary N) is 1. The van der Waals surface area contributed by atoms with Crippen LogP contribution in [0.3, 0.4) is 0 Å². The highest BCUT2D eigenvalue weighted by atomic mass is 32.1. The fourth-order valence-electron chi connectivity index (χ4n) is 2.36. The van der Waals surface area contributed by atoms with Crippen molar-refractivity contribution in [1.82, 2.24) is 4.98 Å². The Morgan fingerprint density at radius 2 is 1.48 bits per heavy atom. The molecule has 0 radical (unpaired) electrons. The van der Waals surface area contributed by atoms with Gasteiger partial charge in [0.1, 0.15) is 0 Å². The molecular weight excluding hydrogens is 276 g/mol. The van der Waals surface area contributed by atoms with Crippen LogP contribution in [0.2, 0.25) is 0 Å². The number of hydrogen-bond donors (Lipinski definition) is 1. The lowest BCUT2D eigenvalue weighted by molar-refractivity contribution is 1.14. The second kappa shape index (κ2) is 5.34. The van der Waals surface area contributed by atoms with Crippen molar-refractivity contribution in [1.29, 1.82) is 0 Å². The fraction of sp³-hybridized carbons (Fsp3) is 0.167. The van der Waals surface area contributed by atoms with Gasteiger partial charge in [0.05, 0.1) is 10.6 Å². The van der Waals surface area contributed by atoms with E-state index in [2.05, 4.69) is 59.9 Å². The molecule has 21 heavy (non-hydrogen) atoms. The van der Waals surface area contributed by atoms with E-state index in [1.807, 2.05) is 6.07 Å². The summed E-state index contributed by atoms with van der Waals surface area (Å²) in [6.45, 7) is 0. The van der Waals surface area contributed by atoms with Crippen molar-refractivity contribution in [2.45, 2.75) is 18.9 Å². The van der Waals surface area contributed by atoms with Crippen molar-refractivity contribution < 1.29 is 0 Å². The Labute approximate surface area is 128 Å². The van der Waals surface area contributed by atoms with Gasteiger partial charge in [0.25, 0.3) is 0 Å². The molecule has 1 N–H and O–H groups in total. The normalized spacial score (nSPS) is 14.1. The largest absolute Gasteiger partial charge is 0.359 e. The Morgan fingerprint density at radius 3 is 2.10 bits per heavy atom. The average Bonchev–Trinajstić information content (AvgIpc) is 3.26. The maximum Gasteiger partial charge on any atom is 0.184 e. The zero-order valence-corrected chi connectivity index (χ0v) is 12.4. The highest BCUT2D eigenvalue weighted by molar-refractivity contribution is 7.19. The summed E-state index contributed by atoms with van der Waals surface area (Å²) in [6, 6.07) is 21.6. The zero-order valence-electron chi connectivity index (χ0n) is 11.6. The fourth-order valence-corrected chi connectivity index (χ4v) is 3.43. The smallest absolute Gasteiger partial charge is 0.184 e. The molecule has 0 bridgehead atoms. The molecule has 0 saturated heterocycles. The summed E-state index contributed by atoms with van der Waals surface area (Å²) >= 11 is 1.75. The molecule has 1 saturated carbocycles. The lowest BCUT2D eigenvalue weighted by Crippen LogP contribution is -1.99. The average molecular weight is 292 g/mol. The summed E-state index contributed by atoms with van der Waals surface area (Å²) in [5, 5.41) is 4.56. The first-order valence-electron chi connectivity index (χ1n) is 7.28. The molecule has 1 aliphatic carbocycles. The number of benzene rings is 2. The maximum atomic E-state index is 4.84. The number of hydrogen-bond acceptors (Lipinski definition) is 3. The SMILES string of the molecule is c1ccc(-c2nc(NC3CC3)sc2-c2ccccc2)cc1. The summed E-state index contributed by atoms with van der Waals surface area (Å²) in [5.41, 5.74) is 3.49. The first-order valence-corrected chi connectivity index (χ1v) is 8.10. The minimum Gasteiger partial charge on any atom is -0.359 e. The summed E-state index contributed by atoms with van der Waals surface area (Å²) < 4.78 is 0. The third-order valence-electron chi connectivity index (χ3n) is 3.62. The van der Waals surface area contributed by atoms with E-state index in [0.717, 1.165) is 10.8 Å². The van der Waals surface area contributed by atoms with E-state index in [1.54, 1.807) is 11.3 Å². The van der Waals surface area contributed by atoms with Gasteiger partial charge in [-0.1, -0.05) is 72.0 Å². The van der Waals surface area contributed by atoms with Crippen LogP contribution in [0.5, 0.6) is 0 Å². The Morgan fingerprint density at radius 1 is 0.857 bits per heavy atom.